The van der Waals surface area contributed by atoms with Crippen molar-refractivity contribution in [1.29, 1.82) is 0 Å². The molecule has 4 rings (SSSR count). The minimum atomic E-state index is -0.270. The van der Waals surface area contributed by atoms with Gasteiger partial charge in [-0.05, 0) is 42.3 Å². The Labute approximate surface area is 158 Å². The highest BCUT2D eigenvalue weighted by atomic mass is 32.1. The average Bonchev–Trinajstić information content (AvgIpc) is 3.25. The molecule has 0 radical (unpaired) electrons. The van der Waals surface area contributed by atoms with E-state index in [9.17, 15) is 4.79 Å². The zero-order chi connectivity index (χ0) is 18.1. The molecule has 0 atom stereocenters. The minimum Gasteiger partial charge on any atom is -0.305 e. The molecule has 4 aromatic rings. The molecule has 0 aliphatic rings. The molecule has 0 saturated heterocycles. The molecule has 0 N–H and O–H groups in total. The first-order chi connectivity index (χ1) is 12.7. The van der Waals surface area contributed by atoms with Crippen molar-refractivity contribution < 1.29 is 4.79 Å². The van der Waals surface area contributed by atoms with E-state index in [-0.39, 0.29) is 5.91 Å². The molecule has 128 valence electrons. The fraction of sp³-hybridized carbons (Fsp3) is 0.150. The van der Waals surface area contributed by atoms with E-state index in [1.54, 1.807) is 11.6 Å². The molecule has 0 unspecified atom stereocenters. The van der Waals surface area contributed by atoms with Gasteiger partial charge in [-0.15, -0.1) is 17.8 Å². The van der Waals surface area contributed by atoms with Crippen molar-refractivity contribution in [3.63, 3.8) is 0 Å². The maximum atomic E-state index is 12.7. The fourth-order valence-corrected chi connectivity index (χ4v) is 4.61. The molecule has 0 aliphatic heterocycles. The van der Waals surface area contributed by atoms with Gasteiger partial charge in [0.15, 0.2) is 4.80 Å². The van der Waals surface area contributed by atoms with Crippen LogP contribution in [0.25, 0.3) is 20.4 Å². The fourth-order valence-electron chi connectivity index (χ4n) is 2.81. The molecule has 0 aliphatic carbocycles. The number of hydrogen-bond donors (Lipinski definition) is 0. The second-order valence-electron chi connectivity index (χ2n) is 5.78. The summed E-state index contributed by atoms with van der Waals surface area (Å²) in [5, 5.41) is 0. The first-order valence-corrected chi connectivity index (χ1v) is 9.87. The van der Waals surface area contributed by atoms with Gasteiger partial charge in [0.05, 0.1) is 32.5 Å². The number of aryl methyl sites for hydroxylation is 1. The number of fused-ring (bicyclic) bond motifs is 2. The van der Waals surface area contributed by atoms with Crippen molar-refractivity contribution in [2.24, 2.45) is 4.99 Å². The summed E-state index contributed by atoms with van der Waals surface area (Å²) in [6, 6.07) is 11.7. The quantitative estimate of drug-likeness (QED) is 0.501. The zero-order valence-electron chi connectivity index (χ0n) is 14.1. The summed E-state index contributed by atoms with van der Waals surface area (Å²) in [6.45, 7) is 2.50. The number of aromatic nitrogens is 2. The lowest BCUT2D eigenvalue weighted by atomic mass is 10.2. The normalized spacial score (nSPS) is 11.9. The van der Waals surface area contributed by atoms with Gasteiger partial charge in [0.2, 0.25) is 0 Å². The lowest BCUT2D eigenvalue weighted by Crippen LogP contribution is -2.16. The molecule has 0 fully saturated rings. The molecule has 2 aromatic carbocycles. The minimum absolute atomic E-state index is 0.270. The van der Waals surface area contributed by atoms with E-state index in [0.717, 1.165) is 26.9 Å². The Kier molecular flexibility index (Phi) is 4.41. The van der Waals surface area contributed by atoms with Crippen molar-refractivity contribution in [2.75, 3.05) is 0 Å². The smallest absolute Gasteiger partial charge is 0.279 e. The van der Waals surface area contributed by atoms with Crippen LogP contribution in [-0.4, -0.2) is 15.5 Å². The number of thiazole rings is 2. The molecule has 2 aromatic heterocycles. The summed E-state index contributed by atoms with van der Waals surface area (Å²) in [5.74, 6) is 2.39. The van der Waals surface area contributed by atoms with Gasteiger partial charge in [0.25, 0.3) is 5.91 Å². The molecule has 1 amide bonds. The third kappa shape index (κ3) is 2.96. The van der Waals surface area contributed by atoms with Gasteiger partial charge < -0.3 is 4.57 Å². The Balaban J connectivity index is 1.84. The molecule has 0 bridgehead atoms. The van der Waals surface area contributed by atoms with Crippen LogP contribution in [0.5, 0.6) is 0 Å². The number of hydrogen-bond acceptors (Lipinski definition) is 4. The van der Waals surface area contributed by atoms with Gasteiger partial charge in [0, 0.05) is 5.56 Å². The van der Waals surface area contributed by atoms with E-state index in [2.05, 4.69) is 41.0 Å². The third-order valence-electron chi connectivity index (χ3n) is 4.18. The van der Waals surface area contributed by atoms with E-state index in [1.807, 2.05) is 16.7 Å². The van der Waals surface area contributed by atoms with Crippen molar-refractivity contribution in [3.05, 3.63) is 57.8 Å². The van der Waals surface area contributed by atoms with Gasteiger partial charge in [-0.2, -0.15) is 4.99 Å². The highest BCUT2D eigenvalue weighted by molar-refractivity contribution is 7.17. The Morgan fingerprint density at radius 1 is 1.27 bits per heavy atom. The van der Waals surface area contributed by atoms with Crippen LogP contribution in [0.4, 0.5) is 0 Å². The number of nitrogens with zero attached hydrogens (tertiary/aromatic N) is 3. The van der Waals surface area contributed by atoms with E-state index in [4.69, 9.17) is 6.42 Å². The Bertz CT molecular complexity index is 1240. The molecular weight excluding hydrogens is 362 g/mol. The first kappa shape index (κ1) is 16.7. The molecule has 0 spiro atoms. The van der Waals surface area contributed by atoms with Crippen LogP contribution in [0, 0.1) is 12.3 Å². The highest BCUT2D eigenvalue weighted by Gasteiger charge is 2.10. The number of carbonyl (C=O) groups is 1. The van der Waals surface area contributed by atoms with E-state index >= 15 is 0 Å². The summed E-state index contributed by atoms with van der Waals surface area (Å²) >= 11 is 3.00. The number of rotatable bonds is 3. The summed E-state index contributed by atoms with van der Waals surface area (Å²) in [5.41, 5.74) is 5.48. The third-order valence-corrected chi connectivity index (χ3v) is 6.01. The number of benzene rings is 2. The molecule has 2 heterocycles. The van der Waals surface area contributed by atoms with Gasteiger partial charge in [-0.1, -0.05) is 30.2 Å². The lowest BCUT2D eigenvalue weighted by molar-refractivity contribution is 0.0998. The number of terminal acetylenes is 1. The second kappa shape index (κ2) is 6.87. The number of amides is 1. The monoisotopic (exact) mass is 377 g/mol. The predicted molar refractivity (Wildman–Crippen MR) is 108 cm³/mol. The molecule has 26 heavy (non-hydrogen) atoms. The maximum Gasteiger partial charge on any atom is 0.279 e. The summed E-state index contributed by atoms with van der Waals surface area (Å²) in [7, 11) is 0. The van der Waals surface area contributed by atoms with Gasteiger partial charge in [-0.25, -0.2) is 4.98 Å². The van der Waals surface area contributed by atoms with Crippen molar-refractivity contribution >= 4 is 49.0 Å². The van der Waals surface area contributed by atoms with Crippen molar-refractivity contribution in [3.8, 4) is 12.3 Å². The van der Waals surface area contributed by atoms with E-state index in [1.165, 1.54) is 28.2 Å². The summed E-state index contributed by atoms with van der Waals surface area (Å²) in [4.78, 5) is 21.9. The van der Waals surface area contributed by atoms with E-state index in [0.29, 0.717) is 16.9 Å². The average molecular weight is 377 g/mol. The Hall–Kier alpha value is -2.75. The van der Waals surface area contributed by atoms with Crippen LogP contribution in [-0.2, 0) is 13.0 Å². The van der Waals surface area contributed by atoms with Crippen LogP contribution in [0.1, 0.15) is 22.8 Å². The van der Waals surface area contributed by atoms with Crippen LogP contribution in [0.2, 0.25) is 0 Å². The van der Waals surface area contributed by atoms with Crippen LogP contribution in [0.15, 0.2) is 46.9 Å². The Morgan fingerprint density at radius 3 is 2.96 bits per heavy atom. The molecular formula is C20H15N3OS2. The SMILES string of the molecule is C#CCn1c(=NC(=O)c2ccc3ncsc3c2)sc2cc(CC)ccc21. The largest absolute Gasteiger partial charge is 0.305 e. The second-order valence-corrected chi connectivity index (χ2v) is 7.68. The van der Waals surface area contributed by atoms with E-state index < -0.39 is 0 Å². The predicted octanol–water partition coefficient (Wildman–Crippen LogP) is 4.25. The van der Waals surface area contributed by atoms with Crippen LogP contribution in [0.3, 0.4) is 0 Å². The van der Waals surface area contributed by atoms with Crippen molar-refractivity contribution in [1.82, 2.24) is 9.55 Å². The Morgan fingerprint density at radius 2 is 2.15 bits per heavy atom. The van der Waals surface area contributed by atoms with Crippen LogP contribution >= 0.6 is 22.7 Å². The molecule has 4 nitrogen and oxygen atoms in total. The first-order valence-electron chi connectivity index (χ1n) is 8.17. The molecule has 0 saturated carbocycles. The maximum absolute atomic E-state index is 12.7. The zero-order valence-corrected chi connectivity index (χ0v) is 15.7. The standard InChI is InChI=1S/C20H15N3OS2/c1-3-9-23-16-8-5-13(4-2)10-18(16)26-20(23)22-19(24)14-6-7-15-17(11-14)25-12-21-15/h1,5-8,10-12H,4,9H2,2H3. The summed E-state index contributed by atoms with van der Waals surface area (Å²) < 4.78 is 3.98. The number of carbonyl (C=O) groups excluding carboxylic acids is 1. The van der Waals surface area contributed by atoms with Crippen molar-refractivity contribution in [2.45, 2.75) is 19.9 Å². The summed E-state index contributed by atoms with van der Waals surface area (Å²) in [6.07, 6.45) is 6.49. The molecule has 6 heteroatoms. The van der Waals surface area contributed by atoms with Gasteiger partial charge in [-0.3, -0.25) is 4.79 Å². The highest BCUT2D eigenvalue weighted by Crippen LogP contribution is 2.21. The van der Waals surface area contributed by atoms with Crippen LogP contribution < -0.4 is 4.80 Å². The van der Waals surface area contributed by atoms with Gasteiger partial charge in [0.1, 0.15) is 0 Å². The van der Waals surface area contributed by atoms with Gasteiger partial charge >= 0.3 is 0 Å². The topological polar surface area (TPSA) is 47.2 Å². The lowest BCUT2D eigenvalue weighted by Gasteiger charge is -2.01.